The highest BCUT2D eigenvalue weighted by Crippen LogP contribution is 2.48. The van der Waals surface area contributed by atoms with Crippen molar-refractivity contribution in [3.8, 4) is 0 Å². The highest BCUT2D eigenvalue weighted by atomic mass is 16.4. The predicted molar refractivity (Wildman–Crippen MR) is 66.4 cm³/mol. The Morgan fingerprint density at radius 3 is 2.29 bits per heavy atom. The molecule has 1 aromatic rings. The van der Waals surface area contributed by atoms with Crippen LogP contribution in [0.25, 0.3) is 0 Å². The van der Waals surface area contributed by atoms with E-state index in [1.165, 1.54) is 5.69 Å². The van der Waals surface area contributed by atoms with Crippen LogP contribution in [-0.4, -0.2) is 24.2 Å². The van der Waals surface area contributed by atoms with E-state index in [4.69, 9.17) is 0 Å². The number of carboxylic acid groups (broad SMARTS) is 1. The first-order valence-electron chi connectivity index (χ1n) is 6.21. The van der Waals surface area contributed by atoms with Gasteiger partial charge in [-0.1, -0.05) is 19.1 Å². The van der Waals surface area contributed by atoms with Crippen molar-refractivity contribution in [2.24, 2.45) is 5.92 Å². The van der Waals surface area contributed by atoms with Gasteiger partial charge in [-0.15, -0.1) is 0 Å². The minimum atomic E-state index is -0.678. The van der Waals surface area contributed by atoms with Crippen molar-refractivity contribution in [2.75, 3.05) is 18.0 Å². The van der Waals surface area contributed by atoms with Gasteiger partial charge in [0.05, 0.1) is 5.41 Å². The standard InChI is InChI=1S/C14H17NO2/c1-10-8-15(9-10)12-4-2-11(3-5-12)14(6-7-14)13(16)17/h2-5,10H,6-9H2,1H3,(H,16,17). The molecule has 1 aliphatic heterocycles. The maximum absolute atomic E-state index is 11.2. The molecule has 1 heterocycles. The van der Waals surface area contributed by atoms with E-state index < -0.39 is 11.4 Å². The summed E-state index contributed by atoms with van der Waals surface area (Å²) in [5, 5.41) is 9.22. The van der Waals surface area contributed by atoms with Gasteiger partial charge in [-0.3, -0.25) is 4.79 Å². The zero-order valence-corrected chi connectivity index (χ0v) is 10.0. The summed E-state index contributed by atoms with van der Waals surface area (Å²) in [5.41, 5.74) is 1.61. The van der Waals surface area contributed by atoms with Crippen LogP contribution in [0.5, 0.6) is 0 Å². The average Bonchev–Trinajstić information content (AvgIpc) is 3.06. The number of benzene rings is 1. The topological polar surface area (TPSA) is 40.5 Å². The Bertz CT molecular complexity index is 442. The normalized spacial score (nSPS) is 22.1. The number of anilines is 1. The highest BCUT2D eigenvalue weighted by molar-refractivity contribution is 5.85. The molecule has 0 amide bonds. The number of rotatable bonds is 3. The van der Waals surface area contributed by atoms with E-state index in [0.717, 1.165) is 37.4 Å². The fraction of sp³-hybridized carbons (Fsp3) is 0.500. The first-order chi connectivity index (χ1) is 8.12. The Morgan fingerprint density at radius 1 is 1.29 bits per heavy atom. The Hall–Kier alpha value is -1.51. The van der Waals surface area contributed by atoms with Gasteiger partial charge in [-0.05, 0) is 36.5 Å². The second-order valence-electron chi connectivity index (χ2n) is 5.44. The van der Waals surface area contributed by atoms with Gasteiger partial charge in [0.1, 0.15) is 0 Å². The Morgan fingerprint density at radius 2 is 1.88 bits per heavy atom. The van der Waals surface area contributed by atoms with E-state index in [-0.39, 0.29) is 0 Å². The molecule has 17 heavy (non-hydrogen) atoms. The first kappa shape index (κ1) is 10.6. The average molecular weight is 231 g/mol. The lowest BCUT2D eigenvalue weighted by Crippen LogP contribution is -2.45. The van der Waals surface area contributed by atoms with Crippen LogP contribution < -0.4 is 4.90 Å². The van der Waals surface area contributed by atoms with Gasteiger partial charge in [-0.25, -0.2) is 0 Å². The van der Waals surface area contributed by atoms with Crippen LogP contribution in [0.3, 0.4) is 0 Å². The molecule has 0 aromatic heterocycles. The molecule has 2 aliphatic rings. The summed E-state index contributed by atoms with van der Waals surface area (Å²) in [6.07, 6.45) is 1.56. The van der Waals surface area contributed by atoms with Gasteiger partial charge in [0, 0.05) is 18.8 Å². The number of carbonyl (C=O) groups is 1. The van der Waals surface area contributed by atoms with Crippen molar-refractivity contribution in [1.82, 2.24) is 0 Å². The van der Waals surface area contributed by atoms with E-state index >= 15 is 0 Å². The number of nitrogens with zero attached hydrogens (tertiary/aromatic N) is 1. The summed E-state index contributed by atoms with van der Waals surface area (Å²) in [5.74, 6) is 0.103. The summed E-state index contributed by atoms with van der Waals surface area (Å²) in [6.45, 7) is 4.47. The quantitative estimate of drug-likeness (QED) is 0.867. The van der Waals surface area contributed by atoms with Gasteiger partial charge < -0.3 is 10.0 Å². The highest BCUT2D eigenvalue weighted by Gasteiger charge is 2.51. The van der Waals surface area contributed by atoms with Gasteiger partial charge in [0.25, 0.3) is 0 Å². The van der Waals surface area contributed by atoms with Crippen LogP contribution in [0.15, 0.2) is 24.3 Å². The van der Waals surface area contributed by atoms with E-state index in [1.807, 2.05) is 12.1 Å². The van der Waals surface area contributed by atoms with Crippen LogP contribution in [0.1, 0.15) is 25.3 Å². The zero-order valence-electron chi connectivity index (χ0n) is 10.0. The lowest BCUT2D eigenvalue weighted by atomic mass is 9.95. The van der Waals surface area contributed by atoms with Gasteiger partial charge in [0.15, 0.2) is 0 Å². The van der Waals surface area contributed by atoms with Crippen molar-refractivity contribution in [1.29, 1.82) is 0 Å². The second kappa shape index (κ2) is 3.49. The molecule has 3 heteroatoms. The first-order valence-corrected chi connectivity index (χ1v) is 6.21. The van der Waals surface area contributed by atoms with Gasteiger partial charge in [0.2, 0.25) is 0 Å². The molecular formula is C14H17NO2. The molecule has 1 saturated carbocycles. The molecule has 2 fully saturated rings. The van der Waals surface area contributed by atoms with Gasteiger partial charge in [-0.2, -0.15) is 0 Å². The maximum Gasteiger partial charge on any atom is 0.314 e. The number of hydrogen-bond acceptors (Lipinski definition) is 2. The monoisotopic (exact) mass is 231 g/mol. The van der Waals surface area contributed by atoms with Crippen LogP contribution in [0.2, 0.25) is 0 Å². The molecule has 0 bridgehead atoms. The number of hydrogen-bond donors (Lipinski definition) is 1. The third-order valence-corrected chi connectivity index (χ3v) is 4.01. The fourth-order valence-corrected chi connectivity index (χ4v) is 2.65. The summed E-state index contributed by atoms with van der Waals surface area (Å²) in [4.78, 5) is 13.5. The van der Waals surface area contributed by atoms with Crippen LogP contribution in [0, 0.1) is 5.92 Å². The van der Waals surface area contributed by atoms with Crippen LogP contribution >= 0.6 is 0 Å². The molecule has 0 unspecified atom stereocenters. The fourth-order valence-electron chi connectivity index (χ4n) is 2.65. The zero-order chi connectivity index (χ0) is 12.0. The molecule has 1 N–H and O–H groups in total. The maximum atomic E-state index is 11.2. The molecule has 0 atom stereocenters. The van der Waals surface area contributed by atoms with E-state index in [0.29, 0.717) is 0 Å². The third-order valence-electron chi connectivity index (χ3n) is 4.01. The summed E-state index contributed by atoms with van der Waals surface area (Å²) >= 11 is 0. The molecule has 1 saturated heterocycles. The number of carboxylic acids is 1. The SMILES string of the molecule is CC1CN(c2ccc(C3(C(=O)O)CC3)cc2)C1. The Kier molecular flexibility index (Phi) is 2.18. The van der Waals surface area contributed by atoms with Gasteiger partial charge >= 0.3 is 5.97 Å². The molecule has 90 valence electrons. The predicted octanol–water partition coefficient (Wildman–Crippen LogP) is 2.26. The smallest absolute Gasteiger partial charge is 0.314 e. The van der Waals surface area contributed by atoms with E-state index in [2.05, 4.69) is 24.0 Å². The Labute approximate surface area is 101 Å². The van der Waals surface area contributed by atoms with Crippen molar-refractivity contribution in [2.45, 2.75) is 25.2 Å². The summed E-state index contributed by atoms with van der Waals surface area (Å²) in [7, 11) is 0. The molecule has 3 nitrogen and oxygen atoms in total. The van der Waals surface area contributed by atoms with Crippen LogP contribution in [-0.2, 0) is 10.2 Å². The third kappa shape index (κ3) is 1.61. The molecule has 0 spiro atoms. The number of aliphatic carboxylic acids is 1. The molecule has 1 aliphatic carbocycles. The minimum Gasteiger partial charge on any atom is -0.481 e. The van der Waals surface area contributed by atoms with E-state index in [1.54, 1.807) is 0 Å². The van der Waals surface area contributed by atoms with Crippen molar-refractivity contribution in [3.05, 3.63) is 29.8 Å². The van der Waals surface area contributed by atoms with E-state index in [9.17, 15) is 9.90 Å². The van der Waals surface area contributed by atoms with Crippen molar-refractivity contribution in [3.63, 3.8) is 0 Å². The second-order valence-corrected chi connectivity index (χ2v) is 5.44. The molecule has 1 aromatic carbocycles. The Balaban J connectivity index is 1.79. The largest absolute Gasteiger partial charge is 0.481 e. The molecule has 3 rings (SSSR count). The lowest BCUT2D eigenvalue weighted by molar-refractivity contribution is -0.140. The molecule has 0 radical (unpaired) electrons. The summed E-state index contributed by atoms with van der Waals surface area (Å²) in [6, 6.07) is 8.09. The lowest BCUT2D eigenvalue weighted by Gasteiger charge is -2.39. The molecular weight excluding hydrogens is 214 g/mol. The van der Waals surface area contributed by atoms with Crippen molar-refractivity contribution < 1.29 is 9.90 Å². The van der Waals surface area contributed by atoms with Crippen molar-refractivity contribution >= 4 is 11.7 Å². The summed E-state index contributed by atoms with van der Waals surface area (Å²) < 4.78 is 0. The minimum absolute atomic E-state index is 0.569. The van der Waals surface area contributed by atoms with Crippen LogP contribution in [0.4, 0.5) is 5.69 Å².